The molecule has 0 radical (unpaired) electrons. The Kier molecular flexibility index (Phi) is 3.95. The molecule has 1 aliphatic rings. The van der Waals surface area contributed by atoms with Gasteiger partial charge in [0.05, 0.1) is 5.92 Å². The van der Waals surface area contributed by atoms with Gasteiger partial charge in [0.15, 0.2) is 0 Å². The first-order chi connectivity index (χ1) is 10.5. The van der Waals surface area contributed by atoms with E-state index in [0.29, 0.717) is 19.5 Å². The van der Waals surface area contributed by atoms with Crippen molar-refractivity contribution in [3.05, 3.63) is 34.4 Å². The summed E-state index contributed by atoms with van der Waals surface area (Å²) in [7, 11) is 0. The molecule has 3 rings (SSSR count). The van der Waals surface area contributed by atoms with Crippen molar-refractivity contribution < 1.29 is 14.7 Å². The highest BCUT2D eigenvalue weighted by Gasteiger charge is 2.31. The summed E-state index contributed by atoms with van der Waals surface area (Å²) in [5, 5.41) is 10.1. The minimum atomic E-state index is -0.819. The summed E-state index contributed by atoms with van der Waals surface area (Å²) in [4.78, 5) is 25.1. The van der Waals surface area contributed by atoms with Gasteiger partial charge in [-0.15, -0.1) is 0 Å². The van der Waals surface area contributed by atoms with Crippen LogP contribution in [0.25, 0.3) is 10.9 Å². The molecule has 1 amide bonds. The van der Waals surface area contributed by atoms with Crippen molar-refractivity contribution in [3.63, 3.8) is 0 Å². The summed E-state index contributed by atoms with van der Waals surface area (Å²) in [5.74, 6) is -1.28. The Morgan fingerprint density at radius 1 is 1.36 bits per heavy atom. The number of fused-ring (bicyclic) bond motifs is 1. The highest BCUT2D eigenvalue weighted by Crippen LogP contribution is 2.30. The molecule has 1 aromatic heterocycles. The highest BCUT2D eigenvalue weighted by molar-refractivity contribution is 9.10. The van der Waals surface area contributed by atoms with Crippen LogP contribution in [-0.2, 0) is 16.1 Å². The quantitative estimate of drug-likeness (QED) is 0.910. The van der Waals surface area contributed by atoms with E-state index in [9.17, 15) is 9.59 Å². The first-order valence-electron chi connectivity index (χ1n) is 7.23. The Labute approximate surface area is 136 Å². The van der Waals surface area contributed by atoms with Crippen LogP contribution >= 0.6 is 15.9 Å². The molecule has 22 heavy (non-hydrogen) atoms. The average molecular weight is 365 g/mol. The van der Waals surface area contributed by atoms with Crippen molar-refractivity contribution in [1.29, 1.82) is 0 Å². The van der Waals surface area contributed by atoms with Crippen LogP contribution in [0.15, 0.2) is 28.7 Å². The summed E-state index contributed by atoms with van der Waals surface area (Å²) in [6.45, 7) is 3.05. The molecule has 5 nitrogen and oxygen atoms in total. The lowest BCUT2D eigenvalue weighted by Gasteiger charge is -2.17. The number of para-hydroxylation sites is 1. The number of carbonyl (C=O) groups is 2. The average Bonchev–Trinajstić information content (AvgIpc) is 3.08. The smallest absolute Gasteiger partial charge is 0.308 e. The first kappa shape index (κ1) is 15.1. The van der Waals surface area contributed by atoms with Gasteiger partial charge in [-0.2, -0.15) is 0 Å². The first-order valence-corrected chi connectivity index (χ1v) is 8.02. The van der Waals surface area contributed by atoms with Crippen LogP contribution in [0.2, 0.25) is 0 Å². The molecule has 1 aromatic carbocycles. The SMILES string of the molecule is Cc1c(Br)c2ccccc2n1CC(=O)N1CCC(C(=O)O)C1. The molecule has 0 bridgehead atoms. The minimum Gasteiger partial charge on any atom is -0.481 e. The lowest BCUT2D eigenvalue weighted by molar-refractivity contribution is -0.141. The van der Waals surface area contributed by atoms with Gasteiger partial charge >= 0.3 is 5.97 Å². The fraction of sp³-hybridized carbons (Fsp3) is 0.375. The molecule has 116 valence electrons. The van der Waals surface area contributed by atoms with Gasteiger partial charge in [-0.1, -0.05) is 18.2 Å². The normalized spacial score (nSPS) is 18.1. The van der Waals surface area contributed by atoms with Gasteiger partial charge in [-0.05, 0) is 35.3 Å². The summed E-state index contributed by atoms with van der Waals surface area (Å²) < 4.78 is 2.98. The largest absolute Gasteiger partial charge is 0.481 e. The molecule has 1 fully saturated rings. The number of nitrogens with zero attached hydrogens (tertiary/aromatic N) is 2. The Hall–Kier alpha value is -1.82. The van der Waals surface area contributed by atoms with Gasteiger partial charge in [0.1, 0.15) is 6.54 Å². The third-order valence-electron chi connectivity index (χ3n) is 4.34. The Morgan fingerprint density at radius 2 is 2.09 bits per heavy atom. The number of carboxylic acids is 1. The van der Waals surface area contributed by atoms with Crippen molar-refractivity contribution in [2.24, 2.45) is 5.92 Å². The Balaban J connectivity index is 1.83. The molecule has 1 saturated heterocycles. The fourth-order valence-electron chi connectivity index (χ4n) is 3.02. The second-order valence-corrected chi connectivity index (χ2v) is 6.46. The van der Waals surface area contributed by atoms with Crippen LogP contribution in [0.5, 0.6) is 0 Å². The van der Waals surface area contributed by atoms with Gasteiger partial charge in [0.2, 0.25) is 5.91 Å². The zero-order valence-corrected chi connectivity index (χ0v) is 13.8. The monoisotopic (exact) mass is 364 g/mol. The molecule has 0 saturated carbocycles. The number of carboxylic acid groups (broad SMARTS) is 1. The van der Waals surface area contributed by atoms with Gasteiger partial charge in [0, 0.05) is 34.2 Å². The molecular formula is C16H17BrN2O3. The molecule has 1 unspecified atom stereocenters. The van der Waals surface area contributed by atoms with Crippen molar-refractivity contribution in [1.82, 2.24) is 9.47 Å². The number of aromatic nitrogens is 1. The number of likely N-dealkylation sites (tertiary alicyclic amines) is 1. The van der Waals surface area contributed by atoms with Gasteiger partial charge < -0.3 is 14.6 Å². The van der Waals surface area contributed by atoms with E-state index in [2.05, 4.69) is 15.9 Å². The van der Waals surface area contributed by atoms with Crippen molar-refractivity contribution in [2.45, 2.75) is 19.9 Å². The number of amides is 1. The van der Waals surface area contributed by atoms with Crippen LogP contribution < -0.4 is 0 Å². The van der Waals surface area contributed by atoms with Crippen LogP contribution in [0.1, 0.15) is 12.1 Å². The Bertz CT molecular complexity index is 753. The number of hydrogen-bond acceptors (Lipinski definition) is 2. The molecule has 0 spiro atoms. The van der Waals surface area contributed by atoms with Crippen LogP contribution in [0.3, 0.4) is 0 Å². The number of carbonyl (C=O) groups excluding carboxylic acids is 1. The van der Waals surface area contributed by atoms with E-state index in [4.69, 9.17) is 5.11 Å². The molecule has 2 aromatic rings. The summed E-state index contributed by atoms with van der Waals surface area (Å²) in [5.41, 5.74) is 2.01. The number of aliphatic carboxylic acids is 1. The zero-order valence-electron chi connectivity index (χ0n) is 12.3. The Morgan fingerprint density at radius 3 is 2.77 bits per heavy atom. The predicted octanol–water partition coefficient (Wildman–Crippen LogP) is 2.65. The summed E-state index contributed by atoms with van der Waals surface area (Å²) in [6.07, 6.45) is 0.538. The van der Waals surface area contributed by atoms with Crippen LogP contribution in [0.4, 0.5) is 0 Å². The topological polar surface area (TPSA) is 62.5 Å². The van der Waals surface area contributed by atoms with E-state index >= 15 is 0 Å². The molecular weight excluding hydrogens is 348 g/mol. The van der Waals surface area contributed by atoms with Crippen molar-refractivity contribution >= 4 is 38.7 Å². The van der Waals surface area contributed by atoms with E-state index in [0.717, 1.165) is 21.1 Å². The van der Waals surface area contributed by atoms with Gasteiger partial charge in [0.25, 0.3) is 0 Å². The number of hydrogen-bond donors (Lipinski definition) is 1. The van der Waals surface area contributed by atoms with E-state index in [1.807, 2.05) is 35.8 Å². The number of rotatable bonds is 3. The highest BCUT2D eigenvalue weighted by atomic mass is 79.9. The summed E-state index contributed by atoms with van der Waals surface area (Å²) >= 11 is 3.58. The fourth-order valence-corrected chi connectivity index (χ4v) is 3.57. The number of halogens is 1. The van der Waals surface area contributed by atoms with Crippen molar-refractivity contribution in [2.75, 3.05) is 13.1 Å². The van der Waals surface area contributed by atoms with E-state index in [-0.39, 0.29) is 12.5 Å². The lowest BCUT2D eigenvalue weighted by Crippen LogP contribution is -2.33. The standard InChI is InChI=1S/C16H17BrN2O3/c1-10-15(17)12-4-2-3-5-13(12)19(10)9-14(20)18-7-6-11(8-18)16(21)22/h2-5,11H,6-9H2,1H3,(H,21,22). The van der Waals surface area contributed by atoms with Crippen LogP contribution in [-0.4, -0.2) is 39.5 Å². The molecule has 6 heteroatoms. The molecule has 0 aliphatic carbocycles. The summed E-state index contributed by atoms with van der Waals surface area (Å²) in [6, 6.07) is 7.93. The predicted molar refractivity (Wildman–Crippen MR) is 86.7 cm³/mol. The maximum Gasteiger partial charge on any atom is 0.308 e. The zero-order chi connectivity index (χ0) is 15.9. The van der Waals surface area contributed by atoms with Crippen molar-refractivity contribution in [3.8, 4) is 0 Å². The third kappa shape index (κ3) is 2.52. The van der Waals surface area contributed by atoms with E-state index < -0.39 is 11.9 Å². The minimum absolute atomic E-state index is 0.0277. The molecule has 2 heterocycles. The van der Waals surface area contributed by atoms with E-state index in [1.54, 1.807) is 4.90 Å². The van der Waals surface area contributed by atoms with Gasteiger partial charge in [-0.25, -0.2) is 0 Å². The molecule has 1 atom stereocenters. The van der Waals surface area contributed by atoms with Crippen LogP contribution in [0, 0.1) is 12.8 Å². The lowest BCUT2D eigenvalue weighted by atomic mass is 10.1. The molecule has 1 N–H and O–H groups in total. The maximum absolute atomic E-state index is 12.5. The second kappa shape index (κ2) is 5.76. The number of benzene rings is 1. The third-order valence-corrected chi connectivity index (χ3v) is 5.34. The maximum atomic E-state index is 12.5. The molecule has 1 aliphatic heterocycles. The second-order valence-electron chi connectivity index (χ2n) is 5.67. The van der Waals surface area contributed by atoms with E-state index in [1.165, 1.54) is 0 Å². The van der Waals surface area contributed by atoms with Gasteiger partial charge in [-0.3, -0.25) is 9.59 Å².